The Balaban J connectivity index is 1.74. The molecule has 0 bridgehead atoms. The molecule has 0 amide bonds. The number of carbonyl (C=O) groups excluding carboxylic acids is 1. The van der Waals surface area contributed by atoms with Crippen molar-refractivity contribution in [1.29, 1.82) is 0 Å². The van der Waals surface area contributed by atoms with E-state index >= 15 is 0 Å². The summed E-state index contributed by atoms with van der Waals surface area (Å²) in [5.41, 5.74) is 2.94. The molecule has 1 aliphatic carbocycles. The third-order valence-electron chi connectivity index (χ3n) is 4.79. The maximum Gasteiger partial charge on any atom is 0.202 e. The van der Waals surface area contributed by atoms with Crippen LogP contribution in [0.15, 0.2) is 64.4 Å². The van der Waals surface area contributed by atoms with Gasteiger partial charge in [0.15, 0.2) is 0 Å². The van der Waals surface area contributed by atoms with E-state index in [9.17, 15) is 4.79 Å². The van der Waals surface area contributed by atoms with Crippen molar-refractivity contribution in [3.05, 3.63) is 70.6 Å². The standard InChI is InChI=1S/C21H21NOS/c23-20-17-13-7-8-14-18(17)24-21(20)19(15-9-3-1-4-10-15)22-16-11-5-2-6-12-16/h1,3-4,7-10,13-14,16,22H,2,5-6,11-12H2/b21-19+. The average Bonchev–Trinajstić information content (AvgIpc) is 2.98. The van der Waals surface area contributed by atoms with E-state index < -0.39 is 0 Å². The molecular formula is C21H21NOS. The van der Waals surface area contributed by atoms with Crippen LogP contribution < -0.4 is 5.32 Å². The second kappa shape index (κ2) is 6.86. The number of thioether (sulfide) groups is 1. The van der Waals surface area contributed by atoms with E-state index in [1.54, 1.807) is 11.8 Å². The molecular weight excluding hydrogens is 314 g/mol. The minimum absolute atomic E-state index is 0.151. The van der Waals surface area contributed by atoms with Crippen LogP contribution >= 0.6 is 11.8 Å². The maximum absolute atomic E-state index is 12.9. The lowest BCUT2D eigenvalue weighted by Crippen LogP contribution is -2.30. The van der Waals surface area contributed by atoms with Crippen LogP contribution in [0.3, 0.4) is 0 Å². The topological polar surface area (TPSA) is 29.1 Å². The summed E-state index contributed by atoms with van der Waals surface area (Å²) in [5.74, 6) is 0.151. The van der Waals surface area contributed by atoms with Gasteiger partial charge in [-0.1, -0.05) is 73.5 Å². The first-order chi connectivity index (χ1) is 11.8. The second-order valence-corrected chi connectivity index (χ2v) is 7.53. The SMILES string of the molecule is O=C1/C(=C(\NC2CCCCC2)c2ccccc2)Sc2ccccc21. The summed E-state index contributed by atoms with van der Waals surface area (Å²) in [6, 6.07) is 18.7. The van der Waals surface area contributed by atoms with E-state index in [4.69, 9.17) is 0 Å². The van der Waals surface area contributed by atoms with Gasteiger partial charge in [0.1, 0.15) is 0 Å². The predicted molar refractivity (Wildman–Crippen MR) is 100 cm³/mol. The molecule has 0 atom stereocenters. The third kappa shape index (κ3) is 3.01. The number of rotatable bonds is 3. The Morgan fingerprint density at radius 3 is 2.38 bits per heavy atom. The van der Waals surface area contributed by atoms with Crippen LogP contribution in [-0.2, 0) is 0 Å². The van der Waals surface area contributed by atoms with Gasteiger partial charge in [0, 0.05) is 16.5 Å². The molecule has 2 aromatic carbocycles. The number of allylic oxidation sites excluding steroid dienone is 1. The minimum Gasteiger partial charge on any atom is -0.381 e. The summed E-state index contributed by atoms with van der Waals surface area (Å²) in [7, 11) is 0. The molecule has 0 saturated heterocycles. The molecule has 4 rings (SSSR count). The molecule has 2 nitrogen and oxygen atoms in total. The smallest absolute Gasteiger partial charge is 0.202 e. The van der Waals surface area contributed by atoms with Crippen molar-refractivity contribution in [3.63, 3.8) is 0 Å². The monoisotopic (exact) mass is 335 g/mol. The quantitative estimate of drug-likeness (QED) is 0.775. The summed E-state index contributed by atoms with van der Waals surface area (Å²) in [6.45, 7) is 0. The average molecular weight is 335 g/mol. The Morgan fingerprint density at radius 2 is 1.62 bits per heavy atom. The number of hydrogen-bond donors (Lipinski definition) is 1. The molecule has 2 aliphatic rings. The Labute approximate surface area is 147 Å². The fourth-order valence-corrected chi connectivity index (χ4v) is 4.64. The zero-order valence-electron chi connectivity index (χ0n) is 13.6. The van der Waals surface area contributed by atoms with E-state index in [0.29, 0.717) is 6.04 Å². The molecule has 0 unspecified atom stereocenters. The third-order valence-corrected chi connectivity index (χ3v) is 5.96. The highest BCUT2D eigenvalue weighted by Crippen LogP contribution is 2.43. The Bertz CT molecular complexity index is 775. The van der Waals surface area contributed by atoms with E-state index in [1.165, 1.54) is 32.1 Å². The zero-order valence-corrected chi connectivity index (χ0v) is 14.4. The van der Waals surface area contributed by atoms with Crippen molar-refractivity contribution < 1.29 is 4.79 Å². The number of carbonyl (C=O) groups is 1. The molecule has 0 aromatic heterocycles. The fraction of sp³-hybridized carbons (Fsp3) is 0.286. The first kappa shape index (κ1) is 15.5. The van der Waals surface area contributed by atoms with E-state index in [1.807, 2.05) is 42.5 Å². The van der Waals surface area contributed by atoms with Crippen molar-refractivity contribution in [2.45, 2.75) is 43.0 Å². The number of ketones is 1. The van der Waals surface area contributed by atoms with Crippen LogP contribution in [0.4, 0.5) is 0 Å². The number of hydrogen-bond acceptors (Lipinski definition) is 3. The Kier molecular flexibility index (Phi) is 4.44. The lowest BCUT2D eigenvalue weighted by Gasteiger charge is -2.26. The van der Waals surface area contributed by atoms with Gasteiger partial charge in [-0.2, -0.15) is 0 Å². The second-order valence-electron chi connectivity index (χ2n) is 6.48. The lowest BCUT2D eigenvalue weighted by atomic mass is 9.94. The largest absolute Gasteiger partial charge is 0.381 e. The first-order valence-corrected chi connectivity index (χ1v) is 9.52. The first-order valence-electron chi connectivity index (χ1n) is 8.71. The molecule has 1 N–H and O–H groups in total. The molecule has 24 heavy (non-hydrogen) atoms. The van der Waals surface area contributed by atoms with Crippen molar-refractivity contribution in [2.75, 3.05) is 0 Å². The van der Waals surface area contributed by atoms with Gasteiger partial charge in [0.05, 0.1) is 10.6 Å². The van der Waals surface area contributed by atoms with E-state index in [-0.39, 0.29) is 5.78 Å². The van der Waals surface area contributed by atoms with Gasteiger partial charge in [-0.3, -0.25) is 4.79 Å². The van der Waals surface area contributed by atoms with Crippen molar-refractivity contribution in [3.8, 4) is 0 Å². The molecule has 0 spiro atoms. The molecule has 2 aromatic rings. The van der Waals surface area contributed by atoms with Crippen LogP contribution in [0.1, 0.15) is 48.0 Å². The molecule has 1 aliphatic heterocycles. The molecule has 1 heterocycles. The molecule has 0 radical (unpaired) electrons. The summed E-state index contributed by atoms with van der Waals surface area (Å²) in [5, 5.41) is 3.72. The van der Waals surface area contributed by atoms with Gasteiger partial charge in [0.2, 0.25) is 5.78 Å². The molecule has 3 heteroatoms. The van der Waals surface area contributed by atoms with Gasteiger partial charge in [-0.05, 0) is 30.5 Å². The van der Waals surface area contributed by atoms with E-state index in [2.05, 4.69) is 17.4 Å². The van der Waals surface area contributed by atoms with Gasteiger partial charge in [0.25, 0.3) is 0 Å². The van der Waals surface area contributed by atoms with Crippen molar-refractivity contribution >= 4 is 23.2 Å². The fourth-order valence-electron chi connectivity index (χ4n) is 3.52. The van der Waals surface area contributed by atoms with Crippen LogP contribution in [0, 0.1) is 0 Å². The minimum atomic E-state index is 0.151. The van der Waals surface area contributed by atoms with Crippen molar-refractivity contribution in [1.82, 2.24) is 5.32 Å². The summed E-state index contributed by atoms with van der Waals surface area (Å²) in [6.07, 6.45) is 6.26. The van der Waals surface area contributed by atoms with Crippen LogP contribution in [-0.4, -0.2) is 11.8 Å². The Hall–Kier alpha value is -2.00. The van der Waals surface area contributed by atoms with Gasteiger partial charge in [-0.25, -0.2) is 0 Å². The van der Waals surface area contributed by atoms with Crippen LogP contribution in [0.25, 0.3) is 5.70 Å². The lowest BCUT2D eigenvalue weighted by molar-refractivity contribution is 0.104. The number of nitrogens with one attached hydrogen (secondary N) is 1. The highest BCUT2D eigenvalue weighted by molar-refractivity contribution is 8.05. The highest BCUT2D eigenvalue weighted by atomic mass is 32.2. The summed E-state index contributed by atoms with van der Waals surface area (Å²) >= 11 is 1.60. The molecule has 1 saturated carbocycles. The van der Waals surface area contributed by atoms with Gasteiger partial charge >= 0.3 is 0 Å². The number of Topliss-reactive ketones (excluding diaryl/α,β-unsaturated/α-hetero) is 1. The van der Waals surface area contributed by atoms with Crippen molar-refractivity contribution in [2.24, 2.45) is 0 Å². The maximum atomic E-state index is 12.9. The molecule has 122 valence electrons. The molecule has 1 fully saturated rings. The van der Waals surface area contributed by atoms with Gasteiger partial charge in [-0.15, -0.1) is 0 Å². The van der Waals surface area contributed by atoms with Crippen LogP contribution in [0.2, 0.25) is 0 Å². The highest BCUT2D eigenvalue weighted by Gasteiger charge is 2.30. The number of benzene rings is 2. The van der Waals surface area contributed by atoms with E-state index in [0.717, 1.165) is 26.6 Å². The zero-order chi connectivity index (χ0) is 16.4. The van der Waals surface area contributed by atoms with Crippen LogP contribution in [0.5, 0.6) is 0 Å². The number of fused-ring (bicyclic) bond motifs is 1. The Morgan fingerprint density at radius 1 is 0.917 bits per heavy atom. The predicted octanol–water partition coefficient (Wildman–Crippen LogP) is 5.27. The summed E-state index contributed by atoms with van der Waals surface area (Å²) in [4.78, 5) is 14.8. The normalized spacial score (nSPS) is 19.9. The van der Waals surface area contributed by atoms with Gasteiger partial charge < -0.3 is 5.32 Å². The summed E-state index contributed by atoms with van der Waals surface area (Å²) < 4.78 is 0.